The molecule has 2 aromatic rings. The van der Waals surface area contributed by atoms with Crippen LogP contribution < -0.4 is 5.73 Å². The highest BCUT2D eigenvalue weighted by molar-refractivity contribution is 5.57. The van der Waals surface area contributed by atoms with Gasteiger partial charge in [-0.2, -0.15) is 5.10 Å². The molecule has 0 aromatic carbocycles. The second-order valence-corrected chi connectivity index (χ2v) is 7.07. The molecule has 0 aliphatic heterocycles. The predicted molar refractivity (Wildman–Crippen MR) is 113 cm³/mol. The van der Waals surface area contributed by atoms with Crippen LogP contribution in [0.2, 0.25) is 0 Å². The fraction of sp³-hybridized carbons (Fsp3) is 0.619. The van der Waals surface area contributed by atoms with Crippen molar-refractivity contribution in [2.24, 2.45) is 12.8 Å². The van der Waals surface area contributed by atoms with Gasteiger partial charge in [0.15, 0.2) is 11.6 Å². The van der Waals surface area contributed by atoms with E-state index in [2.05, 4.69) is 19.8 Å². The zero-order valence-corrected chi connectivity index (χ0v) is 18.1. The Kier molecular flexibility index (Phi) is 11.6. The van der Waals surface area contributed by atoms with Crippen molar-refractivity contribution in [2.45, 2.75) is 78.4 Å². The number of hydrogen-bond donors (Lipinski definition) is 2. The van der Waals surface area contributed by atoms with Crippen LogP contribution in [0.3, 0.4) is 0 Å². The predicted octanol–water partition coefficient (Wildman–Crippen LogP) is 3.65. The quantitative estimate of drug-likeness (QED) is 0.729. The zero-order chi connectivity index (χ0) is 21.6. The molecule has 3 rings (SSSR count). The van der Waals surface area contributed by atoms with Crippen molar-refractivity contribution in [1.82, 2.24) is 19.7 Å². The Morgan fingerprint density at radius 1 is 1.24 bits per heavy atom. The van der Waals surface area contributed by atoms with Crippen LogP contribution in [0.25, 0.3) is 11.4 Å². The molecule has 162 valence electrons. The molecule has 8 nitrogen and oxygen atoms in total. The number of aromatic hydroxyl groups is 1. The molecule has 1 fully saturated rings. The summed E-state index contributed by atoms with van der Waals surface area (Å²) in [4.78, 5) is 17.8. The summed E-state index contributed by atoms with van der Waals surface area (Å²) >= 11 is 0. The van der Waals surface area contributed by atoms with Crippen molar-refractivity contribution in [3.63, 3.8) is 0 Å². The molecule has 0 amide bonds. The van der Waals surface area contributed by atoms with E-state index in [1.807, 2.05) is 20.9 Å². The van der Waals surface area contributed by atoms with E-state index in [0.717, 1.165) is 17.7 Å². The van der Waals surface area contributed by atoms with E-state index >= 15 is 0 Å². The topological polar surface area (TPSA) is 116 Å². The number of hydrogen-bond acceptors (Lipinski definition) is 7. The smallest absolute Gasteiger partial charge is 0.293 e. The lowest BCUT2D eigenvalue weighted by molar-refractivity contribution is -0.132. The Balaban J connectivity index is 0.000000267. The molecule has 0 spiro atoms. The molecule has 0 bridgehead atoms. The Hall–Kier alpha value is -2.48. The summed E-state index contributed by atoms with van der Waals surface area (Å²) in [5.41, 5.74) is 7.84. The van der Waals surface area contributed by atoms with Gasteiger partial charge < -0.3 is 15.6 Å². The van der Waals surface area contributed by atoms with E-state index in [0.29, 0.717) is 24.5 Å². The monoisotopic (exact) mass is 405 g/mol. The highest BCUT2D eigenvalue weighted by atomic mass is 16.5. The van der Waals surface area contributed by atoms with Gasteiger partial charge in [0, 0.05) is 13.6 Å². The summed E-state index contributed by atoms with van der Waals surface area (Å²) < 4.78 is 6.21. The van der Waals surface area contributed by atoms with Crippen molar-refractivity contribution in [2.75, 3.05) is 0 Å². The standard InChI is InChI=1S/C10H13N5O.C6H12.C5H10O2/c1-6-9(16)5-12-10(14-6)7-4-13-15(2)8(7)3-11;1-2-4-6-5-3-1;1-3-5(2)7-4-6/h4-5,16H,3,11H2,1-2H3;1-6H2;4-5H,3H2,1-2H3. The molecular weight excluding hydrogens is 370 g/mol. The van der Waals surface area contributed by atoms with Gasteiger partial charge >= 0.3 is 0 Å². The summed E-state index contributed by atoms with van der Waals surface area (Å²) in [5.74, 6) is 0.616. The summed E-state index contributed by atoms with van der Waals surface area (Å²) in [6, 6.07) is 0. The first-order chi connectivity index (χ1) is 13.9. The number of nitrogens with zero attached hydrogens (tertiary/aromatic N) is 4. The average Bonchev–Trinajstić information content (AvgIpc) is 3.13. The van der Waals surface area contributed by atoms with Crippen LogP contribution in [0.4, 0.5) is 0 Å². The van der Waals surface area contributed by atoms with Gasteiger partial charge in [-0.05, 0) is 20.3 Å². The van der Waals surface area contributed by atoms with Crippen LogP contribution in [0.1, 0.15) is 70.2 Å². The van der Waals surface area contributed by atoms with Crippen LogP contribution >= 0.6 is 0 Å². The molecule has 1 saturated carbocycles. The number of aromatic nitrogens is 4. The Bertz CT molecular complexity index is 718. The summed E-state index contributed by atoms with van der Waals surface area (Å²) in [7, 11) is 1.82. The second-order valence-electron chi connectivity index (χ2n) is 7.07. The van der Waals surface area contributed by atoms with Gasteiger partial charge in [-0.25, -0.2) is 9.97 Å². The summed E-state index contributed by atoms with van der Waals surface area (Å²) in [6.07, 6.45) is 13.0. The lowest BCUT2D eigenvalue weighted by atomic mass is 10.0. The van der Waals surface area contributed by atoms with Crippen LogP contribution in [-0.4, -0.2) is 37.4 Å². The molecule has 2 heterocycles. The molecular formula is C21H35N5O3. The van der Waals surface area contributed by atoms with E-state index < -0.39 is 0 Å². The van der Waals surface area contributed by atoms with Gasteiger partial charge in [0.1, 0.15) is 0 Å². The SMILES string of the molecule is C1CCCCC1.CCC(C)OC=O.Cc1nc(-c2cnn(C)c2CN)ncc1O. The first-order valence-electron chi connectivity index (χ1n) is 10.3. The fourth-order valence-electron chi connectivity index (χ4n) is 2.73. The third-order valence-electron chi connectivity index (χ3n) is 4.81. The van der Waals surface area contributed by atoms with Gasteiger partial charge in [-0.1, -0.05) is 45.4 Å². The van der Waals surface area contributed by atoms with Crippen LogP contribution in [0, 0.1) is 6.92 Å². The maximum atomic E-state index is 9.55. The van der Waals surface area contributed by atoms with Crippen molar-refractivity contribution < 1.29 is 14.6 Å². The highest BCUT2D eigenvalue weighted by Crippen LogP contribution is 2.21. The Labute approximate surface area is 173 Å². The second kappa shape index (κ2) is 13.7. The van der Waals surface area contributed by atoms with Gasteiger partial charge in [0.05, 0.1) is 35.4 Å². The lowest BCUT2D eigenvalue weighted by Crippen LogP contribution is -2.06. The molecule has 3 N–H and O–H groups in total. The van der Waals surface area contributed by atoms with E-state index in [4.69, 9.17) is 5.73 Å². The molecule has 1 atom stereocenters. The minimum Gasteiger partial charge on any atom is -0.504 e. The number of rotatable bonds is 5. The van der Waals surface area contributed by atoms with Crippen molar-refractivity contribution in [1.29, 1.82) is 0 Å². The highest BCUT2D eigenvalue weighted by Gasteiger charge is 2.12. The molecule has 29 heavy (non-hydrogen) atoms. The third-order valence-corrected chi connectivity index (χ3v) is 4.81. The largest absolute Gasteiger partial charge is 0.504 e. The number of nitrogens with two attached hydrogens (primary N) is 1. The summed E-state index contributed by atoms with van der Waals surface area (Å²) in [6.45, 7) is 6.39. The fourth-order valence-corrected chi connectivity index (χ4v) is 2.73. The van der Waals surface area contributed by atoms with Gasteiger partial charge in [-0.15, -0.1) is 0 Å². The first kappa shape index (κ1) is 24.6. The van der Waals surface area contributed by atoms with Crippen LogP contribution in [0.15, 0.2) is 12.4 Å². The zero-order valence-electron chi connectivity index (χ0n) is 18.1. The number of carbonyl (C=O) groups excluding carboxylic acids is 1. The number of aryl methyl sites for hydroxylation is 2. The summed E-state index contributed by atoms with van der Waals surface area (Å²) in [5, 5.41) is 13.5. The Morgan fingerprint density at radius 3 is 2.24 bits per heavy atom. The van der Waals surface area contributed by atoms with Gasteiger partial charge in [-0.3, -0.25) is 9.48 Å². The molecule has 8 heteroatoms. The van der Waals surface area contributed by atoms with Crippen LogP contribution in [-0.2, 0) is 23.1 Å². The van der Waals surface area contributed by atoms with E-state index in [1.165, 1.54) is 44.7 Å². The molecule has 0 radical (unpaired) electrons. The van der Waals surface area contributed by atoms with E-state index in [1.54, 1.807) is 17.8 Å². The van der Waals surface area contributed by atoms with E-state index in [9.17, 15) is 9.90 Å². The number of ether oxygens (including phenoxy) is 1. The van der Waals surface area contributed by atoms with E-state index in [-0.39, 0.29) is 11.9 Å². The van der Waals surface area contributed by atoms with Gasteiger partial charge in [0.25, 0.3) is 6.47 Å². The maximum Gasteiger partial charge on any atom is 0.293 e. The van der Waals surface area contributed by atoms with Crippen molar-refractivity contribution >= 4 is 6.47 Å². The molecule has 1 aliphatic carbocycles. The molecule has 1 aliphatic rings. The van der Waals surface area contributed by atoms with Gasteiger partial charge in [0.2, 0.25) is 0 Å². The lowest BCUT2D eigenvalue weighted by Gasteiger charge is -2.05. The third kappa shape index (κ3) is 8.60. The van der Waals surface area contributed by atoms with Crippen molar-refractivity contribution in [3.05, 3.63) is 23.8 Å². The van der Waals surface area contributed by atoms with Crippen molar-refractivity contribution in [3.8, 4) is 17.1 Å². The molecule has 0 saturated heterocycles. The molecule has 1 unspecified atom stereocenters. The normalized spacial score (nSPS) is 14.0. The minimum absolute atomic E-state index is 0.0810. The number of carbonyl (C=O) groups is 1. The first-order valence-corrected chi connectivity index (χ1v) is 10.3. The average molecular weight is 406 g/mol. The Morgan fingerprint density at radius 2 is 1.83 bits per heavy atom. The molecule has 2 aromatic heterocycles. The minimum atomic E-state index is 0.0810. The maximum absolute atomic E-state index is 9.55. The van der Waals surface area contributed by atoms with Crippen LogP contribution in [0.5, 0.6) is 5.75 Å².